The second-order valence-corrected chi connectivity index (χ2v) is 4.21. The van der Waals surface area contributed by atoms with Gasteiger partial charge in [-0.1, -0.05) is 0 Å². The molecule has 19 heavy (non-hydrogen) atoms. The Balaban J connectivity index is 2.58. The molecule has 0 aromatic heterocycles. The number of ether oxygens (including phenoxy) is 1. The van der Waals surface area contributed by atoms with Crippen molar-refractivity contribution in [3.05, 3.63) is 24.3 Å². The standard InChI is InChI=1S/C13H20N2O3S/c1-2-18-12-5-3-11(4-6-12)14-13(19)15(7-9-16)8-10-17/h3-6,16-17H,2,7-10H2,1H3,(H,14,19). The number of thiocarbonyl (C=S) groups is 1. The van der Waals surface area contributed by atoms with E-state index in [2.05, 4.69) is 5.32 Å². The van der Waals surface area contributed by atoms with Gasteiger partial charge in [-0.05, 0) is 43.4 Å². The second-order valence-electron chi connectivity index (χ2n) is 3.82. The molecule has 0 heterocycles. The average Bonchev–Trinajstić information content (AvgIpc) is 2.41. The van der Waals surface area contributed by atoms with Gasteiger partial charge in [0.1, 0.15) is 5.75 Å². The van der Waals surface area contributed by atoms with E-state index in [4.69, 9.17) is 27.2 Å². The molecule has 0 saturated carbocycles. The quantitative estimate of drug-likeness (QED) is 0.651. The Labute approximate surface area is 118 Å². The van der Waals surface area contributed by atoms with Gasteiger partial charge >= 0.3 is 0 Å². The van der Waals surface area contributed by atoms with Gasteiger partial charge in [-0.3, -0.25) is 0 Å². The lowest BCUT2D eigenvalue weighted by Gasteiger charge is -2.24. The highest BCUT2D eigenvalue weighted by Gasteiger charge is 2.08. The van der Waals surface area contributed by atoms with E-state index >= 15 is 0 Å². The van der Waals surface area contributed by atoms with Gasteiger partial charge in [-0.25, -0.2) is 0 Å². The van der Waals surface area contributed by atoms with E-state index in [-0.39, 0.29) is 13.2 Å². The van der Waals surface area contributed by atoms with Crippen LogP contribution < -0.4 is 10.1 Å². The molecule has 0 aliphatic carbocycles. The van der Waals surface area contributed by atoms with E-state index < -0.39 is 0 Å². The van der Waals surface area contributed by atoms with Crippen molar-refractivity contribution in [3.63, 3.8) is 0 Å². The van der Waals surface area contributed by atoms with Crippen LogP contribution in [-0.2, 0) is 0 Å². The molecule has 0 bridgehead atoms. The van der Waals surface area contributed by atoms with Gasteiger partial charge in [0.05, 0.1) is 19.8 Å². The summed E-state index contributed by atoms with van der Waals surface area (Å²) in [4.78, 5) is 1.71. The van der Waals surface area contributed by atoms with Crippen molar-refractivity contribution in [3.8, 4) is 5.75 Å². The van der Waals surface area contributed by atoms with Crippen LogP contribution in [0.1, 0.15) is 6.92 Å². The molecule has 0 amide bonds. The van der Waals surface area contributed by atoms with Crippen LogP contribution >= 0.6 is 12.2 Å². The zero-order chi connectivity index (χ0) is 14.1. The smallest absolute Gasteiger partial charge is 0.173 e. The van der Waals surface area contributed by atoms with E-state index in [0.29, 0.717) is 24.8 Å². The third-order valence-corrected chi connectivity index (χ3v) is 2.80. The Morgan fingerprint density at radius 2 is 1.79 bits per heavy atom. The molecular formula is C13H20N2O3S. The molecule has 106 valence electrons. The minimum absolute atomic E-state index is 0.00883. The Kier molecular flexibility index (Phi) is 7.17. The fraction of sp³-hybridized carbons (Fsp3) is 0.462. The van der Waals surface area contributed by atoms with E-state index in [1.807, 2.05) is 31.2 Å². The summed E-state index contributed by atoms with van der Waals surface area (Å²) in [6, 6.07) is 7.45. The molecule has 0 atom stereocenters. The van der Waals surface area contributed by atoms with Gasteiger partial charge in [0, 0.05) is 18.8 Å². The summed E-state index contributed by atoms with van der Waals surface area (Å²) < 4.78 is 5.35. The van der Waals surface area contributed by atoms with Gasteiger partial charge in [0.25, 0.3) is 0 Å². The molecule has 3 N–H and O–H groups in total. The van der Waals surface area contributed by atoms with Crippen LogP contribution in [0.25, 0.3) is 0 Å². The molecule has 0 spiro atoms. The average molecular weight is 284 g/mol. The normalized spacial score (nSPS) is 10.1. The number of hydrogen-bond donors (Lipinski definition) is 3. The van der Waals surface area contributed by atoms with Crippen molar-refractivity contribution in [2.75, 3.05) is 38.2 Å². The maximum absolute atomic E-state index is 8.95. The summed E-state index contributed by atoms with van der Waals surface area (Å²) in [6.45, 7) is 3.33. The van der Waals surface area contributed by atoms with Gasteiger partial charge in [-0.2, -0.15) is 0 Å². The van der Waals surface area contributed by atoms with Crippen LogP contribution in [0.4, 0.5) is 5.69 Å². The lowest BCUT2D eigenvalue weighted by Crippen LogP contribution is -2.38. The van der Waals surface area contributed by atoms with Crippen LogP contribution in [0.15, 0.2) is 24.3 Å². The third-order valence-electron chi connectivity index (χ3n) is 2.44. The largest absolute Gasteiger partial charge is 0.494 e. The molecule has 1 aromatic carbocycles. The van der Waals surface area contributed by atoms with Crippen LogP contribution in [0.3, 0.4) is 0 Å². The van der Waals surface area contributed by atoms with Crippen LogP contribution in [0, 0.1) is 0 Å². The molecule has 0 unspecified atom stereocenters. The number of nitrogens with zero attached hydrogens (tertiary/aromatic N) is 1. The first kappa shape index (κ1) is 15.7. The highest BCUT2D eigenvalue weighted by Crippen LogP contribution is 2.16. The molecule has 0 saturated heterocycles. The highest BCUT2D eigenvalue weighted by molar-refractivity contribution is 7.80. The maximum atomic E-state index is 8.95. The van der Waals surface area contributed by atoms with Crippen LogP contribution in [0.2, 0.25) is 0 Å². The van der Waals surface area contributed by atoms with E-state index in [0.717, 1.165) is 11.4 Å². The monoisotopic (exact) mass is 284 g/mol. The lowest BCUT2D eigenvalue weighted by molar-refractivity contribution is 0.214. The SMILES string of the molecule is CCOc1ccc(NC(=S)N(CCO)CCO)cc1. The second kappa shape index (κ2) is 8.68. The van der Waals surface area contributed by atoms with Crippen LogP contribution in [-0.4, -0.2) is 53.1 Å². The summed E-state index contributed by atoms with van der Waals surface area (Å²) in [5.41, 5.74) is 0.842. The predicted molar refractivity (Wildman–Crippen MR) is 79.6 cm³/mol. The fourth-order valence-corrected chi connectivity index (χ4v) is 1.86. The van der Waals surface area contributed by atoms with E-state index in [1.54, 1.807) is 4.90 Å². The Morgan fingerprint density at radius 1 is 1.21 bits per heavy atom. The number of anilines is 1. The van der Waals surface area contributed by atoms with Crippen molar-refractivity contribution in [2.24, 2.45) is 0 Å². The molecular weight excluding hydrogens is 264 g/mol. The minimum Gasteiger partial charge on any atom is -0.494 e. The summed E-state index contributed by atoms with van der Waals surface area (Å²) in [7, 11) is 0. The van der Waals surface area contributed by atoms with Crippen molar-refractivity contribution in [1.82, 2.24) is 4.90 Å². The van der Waals surface area contributed by atoms with Crippen molar-refractivity contribution in [1.29, 1.82) is 0 Å². The van der Waals surface area contributed by atoms with Crippen LogP contribution in [0.5, 0.6) is 5.75 Å². The first-order valence-electron chi connectivity index (χ1n) is 6.21. The van der Waals surface area contributed by atoms with E-state index in [1.165, 1.54) is 0 Å². The molecule has 6 heteroatoms. The summed E-state index contributed by atoms with van der Waals surface area (Å²) in [5.74, 6) is 0.807. The lowest BCUT2D eigenvalue weighted by atomic mass is 10.3. The molecule has 0 radical (unpaired) electrons. The summed E-state index contributed by atoms with van der Waals surface area (Å²) >= 11 is 5.23. The molecule has 0 aliphatic heterocycles. The van der Waals surface area contributed by atoms with Crippen molar-refractivity contribution in [2.45, 2.75) is 6.92 Å². The Bertz CT molecular complexity index is 378. The number of aliphatic hydroxyl groups is 2. The number of nitrogens with one attached hydrogen (secondary N) is 1. The van der Waals surface area contributed by atoms with E-state index in [9.17, 15) is 0 Å². The minimum atomic E-state index is -0.00883. The number of hydrogen-bond acceptors (Lipinski definition) is 4. The number of aliphatic hydroxyl groups excluding tert-OH is 2. The maximum Gasteiger partial charge on any atom is 0.173 e. The van der Waals surface area contributed by atoms with Gasteiger partial charge < -0.3 is 25.2 Å². The zero-order valence-corrected chi connectivity index (χ0v) is 11.8. The summed E-state index contributed by atoms with van der Waals surface area (Å²) in [5, 5.41) is 21.4. The fourth-order valence-electron chi connectivity index (χ4n) is 1.56. The topological polar surface area (TPSA) is 65.0 Å². The molecule has 1 rings (SSSR count). The first-order chi connectivity index (χ1) is 9.21. The third kappa shape index (κ3) is 5.42. The highest BCUT2D eigenvalue weighted by atomic mass is 32.1. The van der Waals surface area contributed by atoms with Crippen molar-refractivity contribution < 1.29 is 14.9 Å². The first-order valence-corrected chi connectivity index (χ1v) is 6.62. The van der Waals surface area contributed by atoms with Gasteiger partial charge in [0.15, 0.2) is 5.11 Å². The molecule has 1 aromatic rings. The van der Waals surface area contributed by atoms with Gasteiger partial charge in [-0.15, -0.1) is 0 Å². The Hall–Kier alpha value is -1.37. The zero-order valence-electron chi connectivity index (χ0n) is 11.0. The predicted octanol–water partition coefficient (Wildman–Crippen LogP) is 1.07. The Morgan fingerprint density at radius 3 is 2.26 bits per heavy atom. The molecule has 0 aliphatic rings. The van der Waals surface area contributed by atoms with Gasteiger partial charge in [0.2, 0.25) is 0 Å². The molecule has 0 fully saturated rings. The summed E-state index contributed by atoms with van der Waals surface area (Å²) in [6.07, 6.45) is 0. The molecule has 5 nitrogen and oxygen atoms in total. The number of rotatable bonds is 7. The number of benzene rings is 1. The van der Waals surface area contributed by atoms with Crippen molar-refractivity contribution >= 4 is 23.0 Å².